The van der Waals surface area contributed by atoms with E-state index < -0.39 is 10.8 Å². The molecule has 7 heteroatoms. The minimum Gasteiger partial charge on any atom is -0.364 e. The maximum atomic E-state index is 12.1. The van der Waals surface area contributed by atoms with Crippen molar-refractivity contribution in [3.05, 3.63) is 42.0 Å². The van der Waals surface area contributed by atoms with Gasteiger partial charge in [-0.1, -0.05) is 37.6 Å². The highest BCUT2D eigenvalue weighted by Crippen LogP contribution is 2.23. The van der Waals surface area contributed by atoms with Crippen LogP contribution >= 0.6 is 24.0 Å². The molecule has 0 radical (unpaired) electrons. The van der Waals surface area contributed by atoms with Gasteiger partial charge in [0.05, 0.1) is 0 Å². The average molecular weight is 516 g/mol. The second-order valence-electron chi connectivity index (χ2n) is 7.27. The lowest BCUT2D eigenvalue weighted by Gasteiger charge is -2.30. The normalized spacial score (nSPS) is 23.2. The third-order valence-electron chi connectivity index (χ3n) is 5.43. The average Bonchev–Trinajstić information content (AvgIpc) is 3.26. The van der Waals surface area contributed by atoms with E-state index in [1.807, 2.05) is 14.0 Å². The van der Waals surface area contributed by atoms with Crippen molar-refractivity contribution in [2.24, 2.45) is 4.99 Å². The van der Waals surface area contributed by atoms with Crippen molar-refractivity contribution in [1.82, 2.24) is 10.6 Å². The Bertz CT molecular complexity index is 684. The monoisotopic (exact) mass is 516 g/mol. The van der Waals surface area contributed by atoms with E-state index in [1.54, 1.807) is 0 Å². The second-order valence-corrected chi connectivity index (χ2v) is 9.27. The maximum absolute atomic E-state index is 12.1. The molecule has 1 aliphatic carbocycles. The van der Waals surface area contributed by atoms with Crippen molar-refractivity contribution in [2.75, 3.05) is 30.8 Å². The predicted molar refractivity (Wildman–Crippen MR) is 131 cm³/mol. The lowest BCUT2D eigenvalue weighted by molar-refractivity contribution is 0.413. The molecule has 1 saturated carbocycles. The molecule has 1 fully saturated rings. The number of benzene rings is 1. The third kappa shape index (κ3) is 6.47. The third-order valence-corrected chi connectivity index (χ3v) is 7.17. The molecular weight excluding hydrogens is 483 g/mol. The molecule has 1 aromatic carbocycles. The van der Waals surface area contributed by atoms with Crippen LogP contribution in [-0.4, -0.2) is 47.4 Å². The van der Waals surface area contributed by atoms with E-state index in [2.05, 4.69) is 56.9 Å². The molecule has 0 aromatic heterocycles. The number of nitrogens with zero attached hydrogens (tertiary/aromatic N) is 2. The van der Waals surface area contributed by atoms with Crippen LogP contribution in [0.15, 0.2) is 41.4 Å². The molecule has 156 valence electrons. The van der Waals surface area contributed by atoms with Gasteiger partial charge in [-0.15, -0.1) is 24.0 Å². The fraction of sp³-hybridized carbons (Fsp3) is 0.571. The molecule has 0 bridgehead atoms. The van der Waals surface area contributed by atoms with Crippen LogP contribution in [0, 0.1) is 0 Å². The quantitative estimate of drug-likeness (QED) is 0.263. The van der Waals surface area contributed by atoms with E-state index in [0.29, 0.717) is 11.3 Å². The van der Waals surface area contributed by atoms with Gasteiger partial charge in [0.2, 0.25) is 0 Å². The number of hydrogen-bond donors (Lipinski definition) is 2. The van der Waals surface area contributed by atoms with Gasteiger partial charge in [-0.05, 0) is 37.0 Å². The van der Waals surface area contributed by atoms with E-state index in [-0.39, 0.29) is 24.0 Å². The Balaban J connectivity index is 0.00000280. The molecule has 28 heavy (non-hydrogen) atoms. The zero-order chi connectivity index (χ0) is 19.1. The van der Waals surface area contributed by atoms with Gasteiger partial charge in [0, 0.05) is 60.2 Å². The van der Waals surface area contributed by atoms with Gasteiger partial charge < -0.3 is 15.5 Å². The predicted octanol–water partition coefficient (Wildman–Crippen LogP) is 3.43. The summed E-state index contributed by atoms with van der Waals surface area (Å²) in [5, 5.41) is 7.27. The van der Waals surface area contributed by atoms with Crippen molar-refractivity contribution in [3.63, 3.8) is 0 Å². The lowest BCUT2D eigenvalue weighted by Crippen LogP contribution is -2.46. The first kappa shape index (κ1) is 23.2. The second kappa shape index (κ2) is 11.8. The smallest absolute Gasteiger partial charge is 0.191 e. The molecule has 3 unspecified atom stereocenters. The summed E-state index contributed by atoms with van der Waals surface area (Å²) in [5.41, 5.74) is 2.51. The van der Waals surface area contributed by atoms with Gasteiger partial charge in [0.1, 0.15) is 0 Å². The molecule has 3 rings (SSSR count). The molecule has 2 aliphatic rings. The SMILES string of the molecule is CCS(=O)C1CCCC(NC(=NC)NCc2ccc(N3CC=CC3)cc2)C1.I. The van der Waals surface area contributed by atoms with Gasteiger partial charge in [0.25, 0.3) is 0 Å². The van der Waals surface area contributed by atoms with Crippen molar-refractivity contribution >= 4 is 46.4 Å². The number of nitrogens with one attached hydrogen (secondary N) is 2. The minimum absolute atomic E-state index is 0. The van der Waals surface area contributed by atoms with Crippen LogP contribution < -0.4 is 15.5 Å². The largest absolute Gasteiger partial charge is 0.364 e. The number of halogens is 1. The fourth-order valence-electron chi connectivity index (χ4n) is 3.84. The van der Waals surface area contributed by atoms with E-state index in [9.17, 15) is 4.21 Å². The molecule has 3 atom stereocenters. The van der Waals surface area contributed by atoms with E-state index in [0.717, 1.165) is 57.0 Å². The Morgan fingerprint density at radius 1 is 1.21 bits per heavy atom. The van der Waals surface area contributed by atoms with Crippen molar-refractivity contribution in [1.29, 1.82) is 0 Å². The molecule has 0 spiro atoms. The van der Waals surface area contributed by atoms with Crippen LogP contribution in [0.1, 0.15) is 38.2 Å². The minimum atomic E-state index is -0.697. The van der Waals surface area contributed by atoms with E-state index >= 15 is 0 Å². The molecular formula is C21H33IN4OS. The summed E-state index contributed by atoms with van der Waals surface area (Å²) in [6.07, 6.45) is 8.73. The molecule has 1 aromatic rings. The standard InChI is InChI=1S/C21H32N4OS.HI/c1-3-27(26)20-8-6-7-18(15-20)24-21(22-2)23-16-17-9-11-19(12-10-17)25-13-4-5-14-25;/h4-5,9-12,18,20H,3,6-8,13-16H2,1-2H3,(H2,22,23,24);1H. The first-order valence-corrected chi connectivity index (χ1v) is 11.4. The molecule has 5 nitrogen and oxygen atoms in total. The number of anilines is 1. The van der Waals surface area contributed by atoms with E-state index in [4.69, 9.17) is 0 Å². The topological polar surface area (TPSA) is 56.7 Å². The Morgan fingerprint density at radius 3 is 2.57 bits per heavy atom. The molecule has 1 aliphatic heterocycles. The Hall–Kier alpha value is -1.09. The van der Waals surface area contributed by atoms with Gasteiger partial charge in [-0.3, -0.25) is 9.20 Å². The molecule has 1 heterocycles. The zero-order valence-electron chi connectivity index (χ0n) is 16.9. The first-order chi connectivity index (χ1) is 13.2. The van der Waals surface area contributed by atoms with E-state index in [1.165, 1.54) is 11.3 Å². The fourth-order valence-corrected chi connectivity index (χ4v) is 5.19. The summed E-state index contributed by atoms with van der Waals surface area (Å²) in [4.78, 5) is 6.71. The number of hydrogen-bond acceptors (Lipinski definition) is 3. The highest BCUT2D eigenvalue weighted by atomic mass is 127. The van der Waals surface area contributed by atoms with Crippen LogP contribution in [0.3, 0.4) is 0 Å². The highest BCUT2D eigenvalue weighted by molar-refractivity contribution is 14.0. The van der Waals surface area contributed by atoms with Crippen molar-refractivity contribution in [3.8, 4) is 0 Å². The highest BCUT2D eigenvalue weighted by Gasteiger charge is 2.26. The summed E-state index contributed by atoms with van der Waals surface area (Å²) in [7, 11) is 1.11. The Kier molecular flexibility index (Phi) is 9.77. The van der Waals surface area contributed by atoms with Crippen LogP contribution in [0.25, 0.3) is 0 Å². The molecule has 0 saturated heterocycles. The van der Waals surface area contributed by atoms with Gasteiger partial charge in [-0.2, -0.15) is 0 Å². The Labute approximate surface area is 188 Å². The summed E-state index contributed by atoms with van der Waals surface area (Å²) in [6.45, 7) is 4.76. The summed E-state index contributed by atoms with van der Waals surface area (Å²) >= 11 is 0. The number of guanidine groups is 1. The summed E-state index contributed by atoms with van der Waals surface area (Å²) in [6, 6.07) is 9.08. The van der Waals surface area contributed by atoms with Crippen LogP contribution in [0.2, 0.25) is 0 Å². The number of rotatable bonds is 6. The molecule has 2 N–H and O–H groups in total. The first-order valence-electron chi connectivity index (χ1n) is 10.0. The van der Waals surface area contributed by atoms with Crippen LogP contribution in [0.5, 0.6) is 0 Å². The summed E-state index contributed by atoms with van der Waals surface area (Å²) in [5.74, 6) is 1.59. The van der Waals surface area contributed by atoms with Crippen LogP contribution in [0.4, 0.5) is 5.69 Å². The maximum Gasteiger partial charge on any atom is 0.191 e. The van der Waals surface area contributed by atoms with Gasteiger partial charge in [0.15, 0.2) is 5.96 Å². The summed E-state index contributed by atoms with van der Waals surface area (Å²) < 4.78 is 12.1. The van der Waals surface area contributed by atoms with Crippen molar-refractivity contribution < 1.29 is 4.21 Å². The zero-order valence-corrected chi connectivity index (χ0v) is 20.0. The molecule has 0 amide bonds. The Morgan fingerprint density at radius 2 is 1.93 bits per heavy atom. The van der Waals surface area contributed by atoms with Gasteiger partial charge >= 0.3 is 0 Å². The van der Waals surface area contributed by atoms with Crippen molar-refractivity contribution in [2.45, 2.75) is 50.4 Å². The van der Waals surface area contributed by atoms with Crippen LogP contribution in [-0.2, 0) is 17.3 Å². The van der Waals surface area contributed by atoms with Gasteiger partial charge in [-0.25, -0.2) is 0 Å². The lowest BCUT2D eigenvalue weighted by atomic mass is 9.95. The number of aliphatic imine (C=N–C) groups is 1.